The van der Waals surface area contributed by atoms with Gasteiger partial charge in [-0.2, -0.15) is 0 Å². The zero-order valence-electron chi connectivity index (χ0n) is 16.4. The largest absolute Gasteiger partial charge is 0.383 e. The maximum atomic E-state index is 12.1. The van der Waals surface area contributed by atoms with Gasteiger partial charge >= 0.3 is 0 Å². The highest BCUT2D eigenvalue weighted by atomic mass is 16.2. The van der Waals surface area contributed by atoms with Gasteiger partial charge in [-0.25, -0.2) is 9.97 Å². The van der Waals surface area contributed by atoms with Gasteiger partial charge < -0.3 is 21.3 Å². The molecule has 1 aliphatic heterocycles. The second-order valence-electron chi connectivity index (χ2n) is 7.26. The van der Waals surface area contributed by atoms with Crippen molar-refractivity contribution < 1.29 is 4.79 Å². The zero-order chi connectivity index (χ0) is 20.1. The van der Waals surface area contributed by atoms with Gasteiger partial charge in [-0.3, -0.25) is 4.79 Å². The Morgan fingerprint density at radius 1 is 1.03 bits per heavy atom. The number of hydrogen-bond acceptors (Lipinski definition) is 6. The van der Waals surface area contributed by atoms with Crippen LogP contribution in [0.25, 0.3) is 10.8 Å². The van der Waals surface area contributed by atoms with E-state index < -0.39 is 0 Å². The highest BCUT2D eigenvalue weighted by Gasteiger charge is 2.17. The molecule has 7 nitrogen and oxygen atoms in total. The molecule has 0 atom stereocenters. The number of amides is 1. The van der Waals surface area contributed by atoms with Crippen LogP contribution >= 0.6 is 0 Å². The molecule has 2 aromatic heterocycles. The van der Waals surface area contributed by atoms with Crippen molar-refractivity contribution >= 4 is 34.0 Å². The Balaban J connectivity index is 1.34. The number of nitrogen functional groups attached to an aromatic ring is 1. The number of likely N-dealkylation sites (tertiary alicyclic amines) is 1. The van der Waals surface area contributed by atoms with Crippen LogP contribution in [-0.2, 0) is 11.3 Å². The highest BCUT2D eigenvalue weighted by Crippen LogP contribution is 2.26. The van der Waals surface area contributed by atoms with Gasteiger partial charge in [-0.05, 0) is 42.7 Å². The van der Waals surface area contributed by atoms with E-state index in [1.54, 1.807) is 12.4 Å². The summed E-state index contributed by atoms with van der Waals surface area (Å²) in [6, 6.07) is 11.9. The number of carbonyl (C=O) groups is 1. The van der Waals surface area contributed by atoms with Crippen molar-refractivity contribution in [1.82, 2.24) is 14.9 Å². The zero-order valence-corrected chi connectivity index (χ0v) is 16.4. The van der Waals surface area contributed by atoms with Crippen LogP contribution in [-0.4, -0.2) is 40.4 Å². The lowest BCUT2D eigenvalue weighted by molar-refractivity contribution is -0.129. The van der Waals surface area contributed by atoms with Crippen LogP contribution < -0.4 is 16.4 Å². The van der Waals surface area contributed by atoms with Crippen molar-refractivity contribution in [3.63, 3.8) is 0 Å². The van der Waals surface area contributed by atoms with Crippen molar-refractivity contribution in [2.24, 2.45) is 0 Å². The number of nitrogens with zero attached hydrogens (tertiary/aromatic N) is 3. The first kappa shape index (κ1) is 19.0. The number of fused-ring (bicyclic) bond motifs is 1. The number of carbonyl (C=O) groups excluding carboxylic acids is 1. The molecule has 0 aliphatic carbocycles. The quantitative estimate of drug-likeness (QED) is 0.573. The van der Waals surface area contributed by atoms with Gasteiger partial charge in [-0.1, -0.05) is 12.1 Å². The fourth-order valence-electron chi connectivity index (χ4n) is 3.68. The lowest BCUT2D eigenvalue weighted by Crippen LogP contribution is -2.29. The van der Waals surface area contributed by atoms with Crippen LogP contribution in [0.3, 0.4) is 0 Å². The summed E-state index contributed by atoms with van der Waals surface area (Å²) in [6.45, 7) is 3.04. The molecule has 1 saturated heterocycles. The van der Waals surface area contributed by atoms with Gasteiger partial charge in [0.1, 0.15) is 11.6 Å². The molecule has 1 fully saturated rings. The molecule has 0 radical (unpaired) electrons. The molecule has 0 saturated carbocycles. The summed E-state index contributed by atoms with van der Waals surface area (Å²) in [5.74, 6) is 1.53. The van der Waals surface area contributed by atoms with Crippen molar-refractivity contribution in [2.75, 3.05) is 36.0 Å². The minimum Gasteiger partial charge on any atom is -0.383 e. The standard InChI is InChI=1S/C22H26N6O/c23-22-18-4-3-5-19(17(18)7-10-26-22)27-15-16-6-9-24-20(14-16)25-11-8-21(29)28-12-1-2-13-28/h3-7,9-10,14,27H,1-2,8,11-13,15H2,(H2,23,26)(H,24,25). The SMILES string of the molecule is Nc1nccc2c(NCc3ccnc(NCCC(=O)N4CCCC4)c3)cccc12. The number of anilines is 3. The predicted octanol–water partition coefficient (Wildman–Crippen LogP) is 3.25. The topological polar surface area (TPSA) is 96.2 Å². The van der Waals surface area contributed by atoms with E-state index in [0.29, 0.717) is 25.3 Å². The third-order valence-corrected chi connectivity index (χ3v) is 5.25. The van der Waals surface area contributed by atoms with E-state index >= 15 is 0 Å². The molecule has 0 unspecified atom stereocenters. The number of pyridine rings is 2. The first-order chi connectivity index (χ1) is 14.2. The minimum absolute atomic E-state index is 0.220. The summed E-state index contributed by atoms with van der Waals surface area (Å²) in [4.78, 5) is 22.6. The third-order valence-electron chi connectivity index (χ3n) is 5.25. The molecule has 4 N–H and O–H groups in total. The average molecular weight is 390 g/mol. The number of rotatable bonds is 7. The lowest BCUT2D eigenvalue weighted by atomic mass is 10.1. The Kier molecular flexibility index (Phi) is 5.74. The Morgan fingerprint density at radius 3 is 2.72 bits per heavy atom. The van der Waals surface area contributed by atoms with E-state index in [-0.39, 0.29) is 5.91 Å². The molecule has 1 amide bonds. The molecule has 7 heteroatoms. The first-order valence-electron chi connectivity index (χ1n) is 10.0. The van der Waals surface area contributed by atoms with E-state index in [0.717, 1.165) is 53.8 Å². The molecule has 1 aromatic carbocycles. The lowest BCUT2D eigenvalue weighted by Gasteiger charge is -2.15. The number of nitrogens with one attached hydrogen (secondary N) is 2. The van der Waals surface area contributed by atoms with Gasteiger partial charge in [0.2, 0.25) is 5.91 Å². The molecule has 0 bridgehead atoms. The molecule has 29 heavy (non-hydrogen) atoms. The molecule has 3 aromatic rings. The Labute approximate surface area is 170 Å². The first-order valence-corrected chi connectivity index (χ1v) is 10.0. The van der Waals surface area contributed by atoms with Gasteiger partial charge in [0.15, 0.2) is 0 Å². The van der Waals surface area contributed by atoms with E-state index in [9.17, 15) is 4.79 Å². The van der Waals surface area contributed by atoms with Crippen molar-refractivity contribution in [2.45, 2.75) is 25.8 Å². The molecular weight excluding hydrogens is 364 g/mol. The highest BCUT2D eigenvalue weighted by molar-refractivity contribution is 5.99. The average Bonchev–Trinajstić information content (AvgIpc) is 3.28. The summed E-state index contributed by atoms with van der Waals surface area (Å²) in [5.41, 5.74) is 8.09. The van der Waals surface area contributed by atoms with E-state index in [2.05, 4.69) is 20.6 Å². The summed E-state index contributed by atoms with van der Waals surface area (Å²) >= 11 is 0. The van der Waals surface area contributed by atoms with Gasteiger partial charge in [0.25, 0.3) is 0 Å². The summed E-state index contributed by atoms with van der Waals surface area (Å²) in [7, 11) is 0. The number of nitrogens with two attached hydrogens (primary N) is 1. The Hall–Kier alpha value is -3.35. The molecule has 0 spiro atoms. The number of benzene rings is 1. The number of hydrogen-bond donors (Lipinski definition) is 3. The Bertz CT molecular complexity index is 1000. The third kappa shape index (κ3) is 4.56. The van der Waals surface area contributed by atoms with Crippen LogP contribution in [0.2, 0.25) is 0 Å². The van der Waals surface area contributed by atoms with Crippen LogP contribution in [0, 0.1) is 0 Å². The molecule has 4 rings (SSSR count). The van der Waals surface area contributed by atoms with Crippen LogP contribution in [0.4, 0.5) is 17.3 Å². The number of aromatic nitrogens is 2. The van der Waals surface area contributed by atoms with E-state index in [4.69, 9.17) is 5.73 Å². The fourth-order valence-corrected chi connectivity index (χ4v) is 3.68. The van der Waals surface area contributed by atoms with Crippen molar-refractivity contribution in [1.29, 1.82) is 0 Å². The molecule has 1 aliphatic rings. The monoisotopic (exact) mass is 390 g/mol. The van der Waals surface area contributed by atoms with Crippen molar-refractivity contribution in [3.8, 4) is 0 Å². The van der Waals surface area contributed by atoms with Gasteiger partial charge in [0.05, 0.1) is 0 Å². The maximum absolute atomic E-state index is 12.1. The van der Waals surface area contributed by atoms with Crippen molar-refractivity contribution in [3.05, 3.63) is 54.4 Å². The normalized spacial score (nSPS) is 13.6. The maximum Gasteiger partial charge on any atom is 0.224 e. The van der Waals surface area contributed by atoms with Gasteiger partial charge in [0, 0.05) is 61.5 Å². The summed E-state index contributed by atoms with van der Waals surface area (Å²) in [5, 5.41) is 8.72. The Morgan fingerprint density at radius 2 is 1.86 bits per heavy atom. The summed E-state index contributed by atoms with van der Waals surface area (Å²) in [6.07, 6.45) is 6.24. The van der Waals surface area contributed by atoms with Gasteiger partial charge in [-0.15, -0.1) is 0 Å². The second kappa shape index (κ2) is 8.77. The fraction of sp³-hybridized carbons (Fsp3) is 0.318. The molecular formula is C22H26N6O. The predicted molar refractivity (Wildman–Crippen MR) is 117 cm³/mol. The minimum atomic E-state index is 0.220. The smallest absolute Gasteiger partial charge is 0.224 e. The molecule has 3 heterocycles. The van der Waals surface area contributed by atoms with E-state index in [1.165, 1.54) is 0 Å². The van der Waals surface area contributed by atoms with E-state index in [1.807, 2.05) is 41.3 Å². The molecule has 150 valence electrons. The van der Waals surface area contributed by atoms with Crippen LogP contribution in [0.15, 0.2) is 48.8 Å². The summed E-state index contributed by atoms with van der Waals surface area (Å²) < 4.78 is 0. The van der Waals surface area contributed by atoms with Crippen LogP contribution in [0.5, 0.6) is 0 Å². The second-order valence-corrected chi connectivity index (χ2v) is 7.26. The van der Waals surface area contributed by atoms with Crippen LogP contribution in [0.1, 0.15) is 24.8 Å².